The van der Waals surface area contributed by atoms with E-state index in [0.29, 0.717) is 5.56 Å². The molecule has 1 unspecified atom stereocenters. The minimum absolute atomic E-state index is 0.184. The molecule has 1 aromatic carbocycles. The molecular weight excluding hydrogens is 287 g/mol. The normalized spacial score (nSPS) is 12.6. The number of aromatic nitrogens is 1. The van der Waals surface area contributed by atoms with Crippen molar-refractivity contribution < 1.29 is 9.18 Å². The maximum absolute atomic E-state index is 13.8. The molecule has 5 heteroatoms. The Morgan fingerprint density at radius 2 is 2.14 bits per heavy atom. The molecule has 0 spiro atoms. The van der Waals surface area contributed by atoms with E-state index in [-0.39, 0.29) is 17.8 Å². The van der Waals surface area contributed by atoms with Gasteiger partial charge in [-0.2, -0.15) is 0 Å². The Labute approximate surface area is 127 Å². The minimum Gasteiger partial charge on any atom is -0.335 e. The lowest BCUT2D eigenvalue weighted by molar-refractivity contribution is -0.126. The molecule has 110 valence electrons. The van der Waals surface area contributed by atoms with Gasteiger partial charge in [0.05, 0.1) is 16.7 Å². The zero-order chi connectivity index (χ0) is 15.4. The Balaban J connectivity index is 2.08. The summed E-state index contributed by atoms with van der Waals surface area (Å²) in [5.74, 6) is -0.486. The number of benzene rings is 1. The van der Waals surface area contributed by atoms with Crippen LogP contribution in [-0.4, -0.2) is 22.8 Å². The molecule has 0 N–H and O–H groups in total. The number of hydrogen-bond donors (Lipinski definition) is 0. The van der Waals surface area contributed by atoms with E-state index in [1.807, 2.05) is 12.3 Å². The number of likely N-dealkylation sites (N-methyl/N-ethyl adjacent to an activating group) is 1. The van der Waals surface area contributed by atoms with Gasteiger partial charge in [-0.1, -0.05) is 18.2 Å². The average Bonchev–Trinajstić information content (AvgIpc) is 2.89. The number of carbonyl (C=O) groups is 1. The number of hydrogen-bond acceptors (Lipinski definition) is 3. The molecule has 3 nitrogen and oxygen atoms in total. The highest BCUT2D eigenvalue weighted by atomic mass is 32.1. The van der Waals surface area contributed by atoms with E-state index >= 15 is 0 Å². The van der Waals surface area contributed by atoms with Crippen LogP contribution < -0.4 is 0 Å². The Bertz CT molecular complexity index is 666. The van der Waals surface area contributed by atoms with E-state index in [1.165, 1.54) is 28.4 Å². The molecule has 0 aliphatic heterocycles. The predicted molar refractivity (Wildman–Crippen MR) is 83.5 cm³/mol. The minimum atomic E-state index is -0.333. The van der Waals surface area contributed by atoms with Crippen LogP contribution in [-0.2, 0) is 4.79 Å². The SMILES string of the molecule is Cc1nc(C=CC(=O)N(C)C(C)c2ccccc2F)cs1. The van der Waals surface area contributed by atoms with Crippen molar-refractivity contribution >= 4 is 23.3 Å². The summed E-state index contributed by atoms with van der Waals surface area (Å²) in [4.78, 5) is 17.9. The summed E-state index contributed by atoms with van der Waals surface area (Å²) in [6, 6.07) is 6.16. The first-order valence-corrected chi connectivity index (χ1v) is 7.48. The van der Waals surface area contributed by atoms with Crippen molar-refractivity contribution in [1.29, 1.82) is 0 Å². The number of thiazole rings is 1. The number of amides is 1. The zero-order valence-corrected chi connectivity index (χ0v) is 13.0. The standard InChI is InChI=1S/C16H17FN2OS/c1-11(14-6-4-5-7-15(14)17)19(3)16(20)9-8-13-10-21-12(2)18-13/h4-11H,1-3H3. The van der Waals surface area contributed by atoms with Crippen LogP contribution in [0.2, 0.25) is 0 Å². The largest absolute Gasteiger partial charge is 0.335 e. The summed E-state index contributed by atoms with van der Waals surface area (Å²) in [5.41, 5.74) is 1.27. The van der Waals surface area contributed by atoms with E-state index in [4.69, 9.17) is 0 Å². The molecule has 0 radical (unpaired) electrons. The van der Waals surface area contributed by atoms with Gasteiger partial charge >= 0.3 is 0 Å². The highest BCUT2D eigenvalue weighted by Crippen LogP contribution is 2.21. The Kier molecular flexibility index (Phi) is 4.85. The Hall–Kier alpha value is -2.01. The van der Waals surface area contributed by atoms with Gasteiger partial charge in [-0.15, -0.1) is 11.3 Å². The van der Waals surface area contributed by atoms with Crippen molar-refractivity contribution in [1.82, 2.24) is 9.88 Å². The van der Waals surface area contributed by atoms with E-state index in [9.17, 15) is 9.18 Å². The summed E-state index contributed by atoms with van der Waals surface area (Å²) in [7, 11) is 1.66. The fourth-order valence-electron chi connectivity index (χ4n) is 1.94. The second-order valence-electron chi connectivity index (χ2n) is 4.77. The molecule has 0 bridgehead atoms. The number of aryl methyl sites for hydroxylation is 1. The first-order chi connectivity index (χ1) is 9.99. The summed E-state index contributed by atoms with van der Waals surface area (Å²) in [6.45, 7) is 3.72. The van der Waals surface area contributed by atoms with Crippen molar-refractivity contribution in [3.8, 4) is 0 Å². The zero-order valence-electron chi connectivity index (χ0n) is 12.2. The lowest BCUT2D eigenvalue weighted by Crippen LogP contribution is -2.28. The molecule has 21 heavy (non-hydrogen) atoms. The highest BCUT2D eigenvalue weighted by Gasteiger charge is 2.18. The topological polar surface area (TPSA) is 33.2 Å². The number of carbonyl (C=O) groups excluding carboxylic acids is 1. The summed E-state index contributed by atoms with van der Waals surface area (Å²) < 4.78 is 13.8. The third-order valence-electron chi connectivity index (χ3n) is 3.32. The fourth-order valence-corrected chi connectivity index (χ4v) is 2.53. The first kappa shape index (κ1) is 15.4. The van der Waals surface area contributed by atoms with E-state index < -0.39 is 0 Å². The third-order valence-corrected chi connectivity index (χ3v) is 4.11. The van der Waals surface area contributed by atoms with E-state index in [2.05, 4.69) is 4.98 Å². The smallest absolute Gasteiger partial charge is 0.246 e. The van der Waals surface area contributed by atoms with Gasteiger partial charge in [0, 0.05) is 24.1 Å². The lowest BCUT2D eigenvalue weighted by atomic mass is 10.1. The van der Waals surface area contributed by atoms with Crippen molar-refractivity contribution in [3.63, 3.8) is 0 Å². The first-order valence-electron chi connectivity index (χ1n) is 6.60. The molecule has 2 aromatic rings. The van der Waals surface area contributed by atoms with Crippen molar-refractivity contribution in [2.24, 2.45) is 0 Å². The lowest BCUT2D eigenvalue weighted by Gasteiger charge is -2.24. The summed E-state index contributed by atoms with van der Waals surface area (Å²) in [6.07, 6.45) is 3.14. The summed E-state index contributed by atoms with van der Waals surface area (Å²) in [5, 5.41) is 2.84. The van der Waals surface area contributed by atoms with Crippen LogP contribution in [0, 0.1) is 12.7 Å². The average molecular weight is 304 g/mol. The van der Waals surface area contributed by atoms with Gasteiger partial charge in [0.25, 0.3) is 0 Å². The molecule has 1 amide bonds. The molecule has 0 fully saturated rings. The Morgan fingerprint density at radius 1 is 1.43 bits per heavy atom. The molecule has 0 aliphatic rings. The van der Waals surface area contributed by atoms with Crippen LogP contribution in [0.3, 0.4) is 0 Å². The van der Waals surface area contributed by atoms with Gasteiger partial charge in [-0.25, -0.2) is 9.37 Å². The second-order valence-corrected chi connectivity index (χ2v) is 5.83. The Morgan fingerprint density at radius 3 is 2.76 bits per heavy atom. The molecule has 0 saturated carbocycles. The monoisotopic (exact) mass is 304 g/mol. The van der Waals surface area contributed by atoms with Crippen LogP contribution in [0.15, 0.2) is 35.7 Å². The molecular formula is C16H17FN2OS. The summed E-state index contributed by atoms with van der Waals surface area (Å²) >= 11 is 1.53. The van der Waals surface area contributed by atoms with E-state index in [1.54, 1.807) is 38.2 Å². The molecule has 0 aliphatic carbocycles. The number of nitrogens with zero attached hydrogens (tertiary/aromatic N) is 2. The van der Waals surface area contributed by atoms with Gasteiger partial charge in [0.1, 0.15) is 5.82 Å². The number of halogens is 1. The quantitative estimate of drug-likeness (QED) is 0.804. The second kappa shape index (κ2) is 6.63. The van der Waals surface area contributed by atoms with Crippen molar-refractivity contribution in [3.05, 3.63) is 57.8 Å². The van der Waals surface area contributed by atoms with Gasteiger partial charge in [-0.3, -0.25) is 4.79 Å². The highest BCUT2D eigenvalue weighted by molar-refractivity contribution is 7.09. The van der Waals surface area contributed by atoms with E-state index in [0.717, 1.165) is 10.7 Å². The van der Waals surface area contributed by atoms with Crippen LogP contribution in [0.5, 0.6) is 0 Å². The molecule has 2 rings (SSSR count). The predicted octanol–water partition coefficient (Wildman–Crippen LogP) is 3.82. The fraction of sp³-hybridized carbons (Fsp3) is 0.250. The van der Waals surface area contributed by atoms with Gasteiger partial charge in [-0.05, 0) is 26.0 Å². The maximum Gasteiger partial charge on any atom is 0.246 e. The van der Waals surface area contributed by atoms with Crippen LogP contribution in [0.4, 0.5) is 4.39 Å². The molecule has 1 aromatic heterocycles. The molecule has 1 heterocycles. The number of rotatable bonds is 4. The maximum atomic E-state index is 13.8. The van der Waals surface area contributed by atoms with Gasteiger partial charge < -0.3 is 4.90 Å². The van der Waals surface area contributed by atoms with Gasteiger partial charge in [0.15, 0.2) is 0 Å². The van der Waals surface area contributed by atoms with Crippen LogP contribution >= 0.6 is 11.3 Å². The van der Waals surface area contributed by atoms with Crippen LogP contribution in [0.1, 0.15) is 29.2 Å². The molecule has 1 atom stereocenters. The molecule has 0 saturated heterocycles. The third kappa shape index (κ3) is 3.76. The van der Waals surface area contributed by atoms with Crippen LogP contribution in [0.25, 0.3) is 6.08 Å². The van der Waals surface area contributed by atoms with Crippen molar-refractivity contribution in [2.75, 3.05) is 7.05 Å². The van der Waals surface area contributed by atoms with Gasteiger partial charge in [0.2, 0.25) is 5.91 Å². The van der Waals surface area contributed by atoms with Crippen molar-refractivity contribution in [2.45, 2.75) is 19.9 Å².